The number of Topliss-reactive ketones (excluding diaryl/α,β-unsaturated/α-hetero) is 1. The molecule has 1 heterocycles. The number of aliphatic hydroxyl groups excluding tert-OH is 1. The summed E-state index contributed by atoms with van der Waals surface area (Å²) in [7, 11) is 6.56. The van der Waals surface area contributed by atoms with Crippen LogP contribution < -0.4 is 9.47 Å². The quantitative estimate of drug-likeness (QED) is 0.415. The molecule has 7 nitrogen and oxygen atoms in total. The van der Waals surface area contributed by atoms with Gasteiger partial charge < -0.3 is 24.4 Å². The van der Waals surface area contributed by atoms with Gasteiger partial charge in [0.2, 0.25) is 0 Å². The molecule has 2 aromatic carbocycles. The second kappa shape index (κ2) is 9.18. The molecule has 0 spiro atoms. The molecule has 8 heteroatoms. The van der Waals surface area contributed by atoms with Gasteiger partial charge in [0.15, 0.2) is 0 Å². The molecule has 1 aliphatic rings. The number of ketones is 1. The van der Waals surface area contributed by atoms with E-state index in [1.54, 1.807) is 18.2 Å². The maximum atomic E-state index is 14.7. The largest absolute Gasteiger partial charge is 0.507 e. The molecular weight excluding hydrogens is 403 g/mol. The maximum absolute atomic E-state index is 14.7. The Morgan fingerprint density at radius 1 is 1.13 bits per heavy atom. The van der Waals surface area contributed by atoms with Crippen LogP contribution in [0.15, 0.2) is 48.0 Å². The van der Waals surface area contributed by atoms with E-state index in [0.29, 0.717) is 12.3 Å². The lowest BCUT2D eigenvalue weighted by Gasteiger charge is -2.27. The topological polar surface area (TPSA) is 79.3 Å². The number of aliphatic hydroxyl groups is 1. The highest BCUT2D eigenvalue weighted by Gasteiger charge is 2.47. The van der Waals surface area contributed by atoms with E-state index in [1.807, 2.05) is 19.0 Å². The second-order valence-electron chi connectivity index (χ2n) is 7.38. The molecule has 1 N–H and O–H groups in total. The number of amides is 1. The Hall–Kier alpha value is -3.39. The van der Waals surface area contributed by atoms with Crippen LogP contribution in [0.5, 0.6) is 11.5 Å². The van der Waals surface area contributed by atoms with Gasteiger partial charge >= 0.3 is 0 Å². The lowest BCUT2D eigenvalue weighted by Crippen LogP contribution is -2.35. The molecule has 164 valence electrons. The molecule has 1 fully saturated rings. The van der Waals surface area contributed by atoms with Gasteiger partial charge in [-0.05, 0) is 32.3 Å². The van der Waals surface area contributed by atoms with E-state index in [9.17, 15) is 19.1 Å². The number of hydrogen-bond acceptors (Lipinski definition) is 6. The van der Waals surface area contributed by atoms with Crippen LogP contribution >= 0.6 is 0 Å². The van der Waals surface area contributed by atoms with E-state index in [2.05, 4.69) is 0 Å². The van der Waals surface area contributed by atoms with Crippen LogP contribution in [0, 0.1) is 5.82 Å². The van der Waals surface area contributed by atoms with Gasteiger partial charge in [-0.25, -0.2) is 4.39 Å². The lowest BCUT2D eigenvalue weighted by molar-refractivity contribution is -0.140. The van der Waals surface area contributed by atoms with E-state index in [0.717, 1.165) is 0 Å². The highest BCUT2D eigenvalue weighted by molar-refractivity contribution is 6.46. The molecular formula is C23H25FN2O5. The van der Waals surface area contributed by atoms with Crippen molar-refractivity contribution in [2.24, 2.45) is 0 Å². The molecule has 0 aliphatic carbocycles. The number of ether oxygens (including phenoxy) is 2. The first kappa shape index (κ1) is 22.3. The van der Waals surface area contributed by atoms with Crippen LogP contribution in [0.4, 0.5) is 4.39 Å². The SMILES string of the molecule is COc1ccc(C(O)=C2C(=O)C(=O)N(CCN(C)C)[C@@H]2c2ccccc2F)c(OC)c1. The Morgan fingerprint density at radius 2 is 1.84 bits per heavy atom. The van der Waals surface area contributed by atoms with Crippen molar-refractivity contribution in [2.75, 3.05) is 41.4 Å². The first-order valence-electron chi connectivity index (χ1n) is 9.70. The predicted octanol–water partition coefficient (Wildman–Crippen LogP) is 2.83. The van der Waals surface area contributed by atoms with E-state index in [4.69, 9.17) is 9.47 Å². The number of halogens is 1. The molecule has 31 heavy (non-hydrogen) atoms. The lowest BCUT2D eigenvalue weighted by atomic mass is 9.94. The monoisotopic (exact) mass is 428 g/mol. The second-order valence-corrected chi connectivity index (χ2v) is 7.38. The van der Waals surface area contributed by atoms with Gasteiger partial charge in [0.1, 0.15) is 23.1 Å². The molecule has 1 aliphatic heterocycles. The third-order valence-electron chi connectivity index (χ3n) is 5.19. The van der Waals surface area contributed by atoms with E-state index >= 15 is 0 Å². The van der Waals surface area contributed by atoms with Gasteiger partial charge in [0, 0.05) is 24.7 Å². The summed E-state index contributed by atoms with van der Waals surface area (Å²) in [5, 5.41) is 11.1. The van der Waals surface area contributed by atoms with Gasteiger partial charge in [-0.2, -0.15) is 0 Å². The van der Waals surface area contributed by atoms with Crippen molar-refractivity contribution >= 4 is 17.4 Å². The summed E-state index contributed by atoms with van der Waals surface area (Å²) in [6.45, 7) is 0.650. The summed E-state index contributed by atoms with van der Waals surface area (Å²) in [6.07, 6.45) is 0. The Morgan fingerprint density at radius 3 is 2.45 bits per heavy atom. The highest BCUT2D eigenvalue weighted by Crippen LogP contribution is 2.42. The first-order valence-corrected chi connectivity index (χ1v) is 9.70. The summed E-state index contributed by atoms with van der Waals surface area (Å²) in [5.74, 6) is -1.92. The van der Waals surface area contributed by atoms with Crippen LogP contribution in [-0.4, -0.2) is 68.0 Å². The number of rotatable bonds is 7. The number of methoxy groups -OCH3 is 2. The van der Waals surface area contributed by atoms with Gasteiger partial charge in [0.25, 0.3) is 11.7 Å². The smallest absolute Gasteiger partial charge is 0.295 e. The standard InChI is InChI=1S/C23H25FN2O5/c1-25(2)11-12-26-20(15-7-5-6-8-17(15)24)19(22(28)23(26)29)21(27)16-10-9-14(30-3)13-18(16)31-4/h5-10,13,20,27H,11-12H2,1-4H3/t20-/m1/s1. The van der Waals surface area contributed by atoms with Crippen molar-refractivity contribution in [2.45, 2.75) is 6.04 Å². The highest BCUT2D eigenvalue weighted by atomic mass is 19.1. The molecule has 0 radical (unpaired) electrons. The Kier molecular flexibility index (Phi) is 6.60. The molecule has 1 amide bonds. The summed E-state index contributed by atoms with van der Waals surface area (Å²) in [4.78, 5) is 29.0. The number of likely N-dealkylation sites (N-methyl/N-ethyl adjacent to an activating group) is 1. The van der Waals surface area contributed by atoms with Crippen LogP contribution in [0.2, 0.25) is 0 Å². The molecule has 3 rings (SSSR count). The van der Waals surface area contributed by atoms with Crippen LogP contribution in [0.25, 0.3) is 5.76 Å². The summed E-state index contributed by atoms with van der Waals surface area (Å²) in [5.41, 5.74) is 0.155. The van der Waals surface area contributed by atoms with Crippen molar-refractivity contribution in [3.63, 3.8) is 0 Å². The van der Waals surface area contributed by atoms with Crippen molar-refractivity contribution in [1.82, 2.24) is 9.80 Å². The van der Waals surface area contributed by atoms with Crippen molar-refractivity contribution in [3.8, 4) is 11.5 Å². The van der Waals surface area contributed by atoms with Gasteiger partial charge in [-0.3, -0.25) is 9.59 Å². The fourth-order valence-electron chi connectivity index (χ4n) is 3.58. The van der Waals surface area contributed by atoms with Gasteiger partial charge in [0.05, 0.1) is 31.4 Å². The third kappa shape index (κ3) is 4.25. The normalized spacial score (nSPS) is 18.0. The number of nitrogens with zero attached hydrogens (tertiary/aromatic N) is 2. The van der Waals surface area contributed by atoms with Gasteiger partial charge in [-0.15, -0.1) is 0 Å². The zero-order valence-corrected chi connectivity index (χ0v) is 17.9. The van der Waals surface area contributed by atoms with Crippen LogP contribution in [-0.2, 0) is 9.59 Å². The summed E-state index contributed by atoms with van der Waals surface area (Å²) < 4.78 is 25.3. The third-order valence-corrected chi connectivity index (χ3v) is 5.19. The van der Waals surface area contributed by atoms with Gasteiger partial charge in [-0.1, -0.05) is 18.2 Å². The van der Waals surface area contributed by atoms with E-state index in [1.165, 1.54) is 43.4 Å². The Labute approximate surface area is 180 Å². The minimum absolute atomic E-state index is 0.134. The minimum atomic E-state index is -1.06. The molecule has 0 aromatic heterocycles. The Bertz CT molecular complexity index is 1030. The molecule has 2 aromatic rings. The molecule has 0 unspecified atom stereocenters. The summed E-state index contributed by atoms with van der Waals surface area (Å²) >= 11 is 0. The molecule has 1 atom stereocenters. The van der Waals surface area contributed by atoms with Crippen LogP contribution in [0.1, 0.15) is 17.2 Å². The van der Waals surface area contributed by atoms with E-state index in [-0.39, 0.29) is 29.0 Å². The number of likely N-dealkylation sites (tertiary alicyclic amines) is 1. The average Bonchev–Trinajstić information content (AvgIpc) is 3.01. The van der Waals surface area contributed by atoms with Crippen molar-refractivity contribution in [1.29, 1.82) is 0 Å². The van der Waals surface area contributed by atoms with Crippen molar-refractivity contribution in [3.05, 3.63) is 65.0 Å². The maximum Gasteiger partial charge on any atom is 0.295 e. The number of carbonyl (C=O) groups is 2. The zero-order valence-electron chi connectivity index (χ0n) is 17.9. The summed E-state index contributed by atoms with van der Waals surface area (Å²) in [6, 6.07) is 9.53. The average molecular weight is 428 g/mol. The predicted molar refractivity (Wildman–Crippen MR) is 114 cm³/mol. The zero-order chi connectivity index (χ0) is 22.7. The van der Waals surface area contributed by atoms with Crippen LogP contribution in [0.3, 0.4) is 0 Å². The molecule has 0 bridgehead atoms. The van der Waals surface area contributed by atoms with E-state index < -0.39 is 29.3 Å². The number of carbonyl (C=O) groups excluding carboxylic acids is 2. The fourth-order valence-corrected chi connectivity index (χ4v) is 3.58. The first-order chi connectivity index (χ1) is 14.8. The number of hydrogen-bond donors (Lipinski definition) is 1. The number of benzene rings is 2. The minimum Gasteiger partial charge on any atom is -0.507 e. The van der Waals surface area contributed by atoms with Crippen molar-refractivity contribution < 1.29 is 28.6 Å². The molecule has 1 saturated heterocycles. The Balaban J connectivity index is 2.21. The fraction of sp³-hybridized carbons (Fsp3) is 0.304. The molecule has 0 saturated carbocycles.